The maximum absolute atomic E-state index is 11.4. The summed E-state index contributed by atoms with van der Waals surface area (Å²) in [5.74, 6) is -0.0800. The highest BCUT2D eigenvalue weighted by atomic mass is 16.5. The number of carbonyl (C=O) groups is 1. The van der Waals surface area contributed by atoms with Gasteiger partial charge in [-0.05, 0) is 0 Å². The Hall–Kier alpha value is -0.610. The van der Waals surface area contributed by atoms with Gasteiger partial charge in [0.25, 0.3) is 0 Å². The third kappa shape index (κ3) is 4.85. The van der Waals surface area contributed by atoms with Gasteiger partial charge in [0.05, 0.1) is 19.3 Å². The van der Waals surface area contributed by atoms with Crippen molar-refractivity contribution in [1.82, 2.24) is 5.32 Å². The first-order valence-electron chi connectivity index (χ1n) is 4.32. The predicted molar refractivity (Wildman–Crippen MR) is 50.3 cm³/mol. The van der Waals surface area contributed by atoms with Crippen molar-refractivity contribution < 1.29 is 14.6 Å². The lowest BCUT2D eigenvalue weighted by Crippen LogP contribution is -2.45. The maximum atomic E-state index is 11.4. The van der Waals surface area contributed by atoms with Gasteiger partial charge in [0, 0.05) is 12.5 Å². The average molecular weight is 189 g/mol. The molecule has 0 fully saturated rings. The molecule has 0 saturated carbocycles. The average Bonchev–Trinajstić information content (AvgIpc) is 2.01. The Morgan fingerprint density at radius 1 is 1.54 bits per heavy atom. The third-order valence-corrected chi connectivity index (χ3v) is 1.60. The molecule has 4 nitrogen and oxygen atoms in total. The molecule has 0 rings (SSSR count). The summed E-state index contributed by atoms with van der Waals surface area (Å²) >= 11 is 0. The van der Waals surface area contributed by atoms with Gasteiger partial charge in [-0.3, -0.25) is 4.79 Å². The van der Waals surface area contributed by atoms with Crippen LogP contribution in [0.1, 0.15) is 20.8 Å². The van der Waals surface area contributed by atoms with Gasteiger partial charge in [0.15, 0.2) is 0 Å². The van der Waals surface area contributed by atoms with Gasteiger partial charge in [0.1, 0.15) is 0 Å². The molecule has 0 aromatic rings. The van der Waals surface area contributed by atoms with Gasteiger partial charge in [0.2, 0.25) is 5.91 Å². The van der Waals surface area contributed by atoms with Crippen LogP contribution in [-0.4, -0.2) is 37.4 Å². The maximum Gasteiger partial charge on any atom is 0.225 e. The Bertz CT molecular complexity index is 163. The van der Waals surface area contributed by atoms with E-state index in [1.165, 1.54) is 7.11 Å². The van der Waals surface area contributed by atoms with Gasteiger partial charge in [-0.25, -0.2) is 0 Å². The number of carbonyl (C=O) groups excluding carboxylic acids is 1. The number of methoxy groups -OCH3 is 1. The first-order chi connectivity index (χ1) is 5.91. The van der Waals surface area contributed by atoms with Crippen molar-refractivity contribution >= 4 is 5.91 Å². The number of aliphatic hydroxyl groups is 1. The van der Waals surface area contributed by atoms with E-state index in [0.717, 1.165) is 0 Å². The van der Waals surface area contributed by atoms with Gasteiger partial charge < -0.3 is 15.2 Å². The van der Waals surface area contributed by atoms with Crippen molar-refractivity contribution in [1.29, 1.82) is 0 Å². The molecule has 78 valence electrons. The number of nitrogens with one attached hydrogen (secondary N) is 1. The fraction of sp³-hybridized carbons (Fsp3) is 0.889. The second kappa shape index (κ2) is 5.19. The van der Waals surface area contributed by atoms with Crippen molar-refractivity contribution in [3.63, 3.8) is 0 Å². The van der Waals surface area contributed by atoms with E-state index in [1.807, 2.05) is 20.8 Å². The highest BCUT2D eigenvalue weighted by Crippen LogP contribution is 2.12. The van der Waals surface area contributed by atoms with E-state index in [0.29, 0.717) is 6.61 Å². The van der Waals surface area contributed by atoms with Crippen LogP contribution in [0.15, 0.2) is 0 Å². The van der Waals surface area contributed by atoms with Gasteiger partial charge in [-0.2, -0.15) is 0 Å². The quantitative estimate of drug-likeness (QED) is 0.662. The van der Waals surface area contributed by atoms with E-state index < -0.39 is 5.41 Å². The van der Waals surface area contributed by atoms with Crippen molar-refractivity contribution in [2.75, 3.05) is 20.3 Å². The standard InChI is InChI=1S/C9H19NO3/c1-9(2,3)8(12)10-7(5-11)6-13-4/h7,11H,5-6H2,1-4H3,(H,10,12). The normalized spacial score (nSPS) is 13.9. The number of rotatable bonds is 4. The minimum absolute atomic E-state index is 0.0800. The molecule has 0 aromatic carbocycles. The van der Waals surface area contributed by atoms with E-state index in [9.17, 15) is 4.79 Å². The van der Waals surface area contributed by atoms with Gasteiger partial charge in [-0.1, -0.05) is 20.8 Å². The zero-order valence-electron chi connectivity index (χ0n) is 8.76. The summed E-state index contributed by atoms with van der Waals surface area (Å²) < 4.78 is 4.83. The zero-order chi connectivity index (χ0) is 10.5. The van der Waals surface area contributed by atoms with E-state index in [4.69, 9.17) is 9.84 Å². The van der Waals surface area contributed by atoms with Gasteiger partial charge >= 0.3 is 0 Å². The Morgan fingerprint density at radius 3 is 2.38 bits per heavy atom. The summed E-state index contributed by atoms with van der Waals surface area (Å²) in [6.45, 7) is 5.70. The summed E-state index contributed by atoms with van der Waals surface area (Å²) in [7, 11) is 1.53. The minimum Gasteiger partial charge on any atom is -0.394 e. The molecule has 2 N–H and O–H groups in total. The van der Waals surface area contributed by atoms with E-state index in [-0.39, 0.29) is 18.6 Å². The van der Waals surface area contributed by atoms with Crippen LogP contribution in [-0.2, 0) is 9.53 Å². The molecule has 13 heavy (non-hydrogen) atoms. The number of ether oxygens (including phenoxy) is 1. The van der Waals surface area contributed by atoms with Crippen LogP contribution in [0.5, 0.6) is 0 Å². The summed E-state index contributed by atoms with van der Waals surface area (Å²) in [6, 6.07) is -0.309. The molecule has 0 radical (unpaired) electrons. The Kier molecular flexibility index (Phi) is 4.95. The SMILES string of the molecule is COCC(CO)NC(=O)C(C)(C)C. The lowest BCUT2D eigenvalue weighted by atomic mass is 9.95. The summed E-state index contributed by atoms with van der Waals surface area (Å²) in [6.07, 6.45) is 0. The lowest BCUT2D eigenvalue weighted by molar-refractivity contribution is -0.130. The van der Waals surface area contributed by atoms with Crippen LogP contribution >= 0.6 is 0 Å². The fourth-order valence-corrected chi connectivity index (χ4v) is 0.743. The molecule has 1 atom stereocenters. The number of hydrogen-bond acceptors (Lipinski definition) is 3. The van der Waals surface area contributed by atoms with E-state index in [2.05, 4.69) is 5.32 Å². The van der Waals surface area contributed by atoms with E-state index >= 15 is 0 Å². The number of amides is 1. The third-order valence-electron chi connectivity index (χ3n) is 1.60. The van der Waals surface area contributed by atoms with Crippen LogP contribution < -0.4 is 5.32 Å². The molecular formula is C9H19NO3. The van der Waals surface area contributed by atoms with Crippen LogP contribution in [0.2, 0.25) is 0 Å². The Morgan fingerprint density at radius 2 is 2.08 bits per heavy atom. The molecule has 0 bridgehead atoms. The van der Waals surface area contributed by atoms with Crippen molar-refractivity contribution in [2.24, 2.45) is 5.41 Å². The zero-order valence-corrected chi connectivity index (χ0v) is 8.76. The molecule has 0 spiro atoms. The van der Waals surface area contributed by atoms with Crippen LogP contribution in [0.3, 0.4) is 0 Å². The van der Waals surface area contributed by atoms with Crippen LogP contribution in [0.4, 0.5) is 0 Å². The Balaban J connectivity index is 4.01. The molecule has 1 unspecified atom stereocenters. The number of hydrogen-bond donors (Lipinski definition) is 2. The fourth-order valence-electron chi connectivity index (χ4n) is 0.743. The molecule has 1 amide bonds. The van der Waals surface area contributed by atoms with Crippen molar-refractivity contribution in [2.45, 2.75) is 26.8 Å². The molecule has 0 aliphatic carbocycles. The summed E-state index contributed by atoms with van der Waals surface area (Å²) in [5, 5.41) is 11.6. The second-order valence-corrected chi connectivity index (χ2v) is 4.06. The highest BCUT2D eigenvalue weighted by molar-refractivity contribution is 5.81. The molecule has 0 saturated heterocycles. The molecule has 0 aliphatic heterocycles. The molecule has 4 heteroatoms. The molecule has 0 aromatic heterocycles. The lowest BCUT2D eigenvalue weighted by Gasteiger charge is -2.22. The smallest absolute Gasteiger partial charge is 0.225 e. The molecule has 0 heterocycles. The minimum atomic E-state index is -0.429. The van der Waals surface area contributed by atoms with Crippen molar-refractivity contribution in [3.8, 4) is 0 Å². The van der Waals surface area contributed by atoms with Crippen molar-refractivity contribution in [3.05, 3.63) is 0 Å². The van der Waals surface area contributed by atoms with Gasteiger partial charge in [-0.15, -0.1) is 0 Å². The largest absolute Gasteiger partial charge is 0.394 e. The highest BCUT2D eigenvalue weighted by Gasteiger charge is 2.23. The molecule has 0 aliphatic rings. The summed E-state index contributed by atoms with van der Waals surface area (Å²) in [4.78, 5) is 11.4. The first-order valence-corrected chi connectivity index (χ1v) is 4.32. The molecular weight excluding hydrogens is 170 g/mol. The first kappa shape index (κ1) is 12.4. The summed E-state index contributed by atoms with van der Waals surface area (Å²) in [5.41, 5.74) is -0.429. The Labute approximate surface area is 79.3 Å². The van der Waals surface area contributed by atoms with Crippen LogP contribution in [0, 0.1) is 5.41 Å². The second-order valence-electron chi connectivity index (χ2n) is 4.06. The predicted octanol–water partition coefficient (Wildman–Crippen LogP) is 0.156. The topological polar surface area (TPSA) is 58.6 Å². The monoisotopic (exact) mass is 189 g/mol. The number of aliphatic hydroxyl groups excluding tert-OH is 1. The van der Waals surface area contributed by atoms with E-state index in [1.54, 1.807) is 0 Å². The van der Waals surface area contributed by atoms with Crippen LogP contribution in [0.25, 0.3) is 0 Å².